The van der Waals surface area contributed by atoms with Crippen LogP contribution >= 0.6 is 23.4 Å². The van der Waals surface area contributed by atoms with Crippen LogP contribution in [0.2, 0.25) is 5.02 Å². The van der Waals surface area contributed by atoms with E-state index >= 15 is 0 Å². The van der Waals surface area contributed by atoms with Crippen molar-refractivity contribution in [1.29, 1.82) is 0 Å². The van der Waals surface area contributed by atoms with Crippen LogP contribution in [0.15, 0.2) is 84.3 Å². The third-order valence-electron chi connectivity index (χ3n) is 7.25. The number of hydrogen-bond acceptors (Lipinski definition) is 7. The molecule has 2 heterocycles. The number of methoxy groups -OCH3 is 1. The molecule has 0 spiro atoms. The van der Waals surface area contributed by atoms with E-state index in [-0.39, 0.29) is 17.4 Å². The van der Waals surface area contributed by atoms with Gasteiger partial charge in [-0.25, -0.2) is 0 Å². The number of hydrogen-bond donors (Lipinski definition) is 0. The third-order valence-corrected chi connectivity index (χ3v) is 8.41. The van der Waals surface area contributed by atoms with E-state index in [1.54, 1.807) is 42.4 Å². The molecule has 3 aromatic carbocycles. The number of anilines is 1. The second-order valence-corrected chi connectivity index (χ2v) is 11.5. The quantitative estimate of drug-likeness (QED) is 0.203. The average molecular weight is 618 g/mol. The lowest BCUT2D eigenvalue weighted by molar-refractivity contribution is -0.136. The number of benzene rings is 3. The minimum Gasteiger partial charge on any atom is -0.493 e. The Morgan fingerprint density at radius 1 is 1.02 bits per heavy atom. The fraction of sp³-hybridized carbons (Fsp3) is 0.242. The van der Waals surface area contributed by atoms with Gasteiger partial charge in [-0.1, -0.05) is 48.0 Å². The average Bonchev–Trinajstić information content (AvgIpc) is 3.28. The second kappa shape index (κ2) is 13.8. The number of ether oxygens (including phenoxy) is 2. The summed E-state index contributed by atoms with van der Waals surface area (Å²) in [6.07, 6.45) is 3.90. The standard InChI is InChI=1S/C33H32ClN3O5S/c1-3-7-25-18-24(19-28(41-2)31(25)42-22-23-10-12-26(34)13-11-23)20-29-32(39)37(33(40)43-29)21-30(38)36-16-14-35(15-17-36)27-8-5-4-6-9-27/h3-6,8-13,18-20H,1,7,14-17,21-22H2,2H3/b29-20+. The number of allylic oxidation sites excluding steroid dienone is 1. The fourth-order valence-corrected chi connectivity index (χ4v) is 5.97. The molecule has 5 rings (SSSR count). The van der Waals surface area contributed by atoms with Crippen molar-refractivity contribution in [1.82, 2.24) is 9.80 Å². The van der Waals surface area contributed by atoms with Crippen LogP contribution in [0.4, 0.5) is 10.5 Å². The first-order valence-corrected chi connectivity index (χ1v) is 15.1. The molecular weight excluding hydrogens is 586 g/mol. The summed E-state index contributed by atoms with van der Waals surface area (Å²) in [5.74, 6) is 0.330. The first-order chi connectivity index (χ1) is 20.9. The summed E-state index contributed by atoms with van der Waals surface area (Å²) < 4.78 is 11.8. The lowest BCUT2D eigenvalue weighted by Crippen LogP contribution is -2.51. The van der Waals surface area contributed by atoms with Crippen molar-refractivity contribution in [2.24, 2.45) is 0 Å². The highest BCUT2D eigenvalue weighted by Crippen LogP contribution is 2.37. The molecule has 0 radical (unpaired) electrons. The van der Waals surface area contributed by atoms with E-state index in [0.717, 1.165) is 33.5 Å². The van der Waals surface area contributed by atoms with Gasteiger partial charge in [-0.15, -0.1) is 6.58 Å². The third kappa shape index (κ3) is 7.24. The van der Waals surface area contributed by atoms with Gasteiger partial charge in [-0.3, -0.25) is 19.3 Å². The summed E-state index contributed by atoms with van der Waals surface area (Å²) in [7, 11) is 1.55. The Kier molecular flexibility index (Phi) is 9.74. The minimum absolute atomic E-state index is 0.242. The molecule has 0 atom stereocenters. The molecule has 3 aromatic rings. The SMILES string of the molecule is C=CCc1cc(/C=C2/SC(=O)N(CC(=O)N3CCN(c4ccccc4)CC3)C2=O)cc(OC)c1OCc1ccc(Cl)cc1. The fourth-order valence-electron chi connectivity index (χ4n) is 5.00. The van der Waals surface area contributed by atoms with Gasteiger partial charge in [0.15, 0.2) is 11.5 Å². The molecule has 2 aliphatic heterocycles. The molecule has 2 aliphatic rings. The molecule has 0 aromatic heterocycles. The monoisotopic (exact) mass is 617 g/mol. The normalized spacial score (nSPS) is 16.1. The summed E-state index contributed by atoms with van der Waals surface area (Å²) in [4.78, 5) is 44.3. The summed E-state index contributed by atoms with van der Waals surface area (Å²) in [5.41, 5.74) is 3.54. The van der Waals surface area contributed by atoms with Gasteiger partial charge in [0.2, 0.25) is 5.91 Å². The van der Waals surface area contributed by atoms with Gasteiger partial charge >= 0.3 is 0 Å². The van der Waals surface area contributed by atoms with Crippen molar-refractivity contribution in [2.75, 3.05) is 44.7 Å². The predicted molar refractivity (Wildman–Crippen MR) is 171 cm³/mol. The Morgan fingerprint density at radius 2 is 1.74 bits per heavy atom. The number of nitrogens with zero attached hydrogens (tertiary/aromatic N) is 3. The highest BCUT2D eigenvalue weighted by atomic mass is 35.5. The van der Waals surface area contributed by atoms with Crippen LogP contribution in [0, 0.1) is 0 Å². The van der Waals surface area contributed by atoms with E-state index in [2.05, 4.69) is 11.5 Å². The van der Waals surface area contributed by atoms with Gasteiger partial charge in [0.1, 0.15) is 13.2 Å². The largest absolute Gasteiger partial charge is 0.493 e. The van der Waals surface area contributed by atoms with E-state index in [9.17, 15) is 14.4 Å². The first-order valence-electron chi connectivity index (χ1n) is 13.9. The van der Waals surface area contributed by atoms with E-state index in [0.29, 0.717) is 61.3 Å². The van der Waals surface area contributed by atoms with Crippen molar-refractivity contribution in [2.45, 2.75) is 13.0 Å². The zero-order chi connectivity index (χ0) is 30.3. The number of halogens is 1. The van der Waals surface area contributed by atoms with Gasteiger partial charge in [0.25, 0.3) is 11.1 Å². The van der Waals surface area contributed by atoms with E-state index in [1.807, 2.05) is 48.5 Å². The van der Waals surface area contributed by atoms with Gasteiger partial charge in [-0.05, 0) is 71.8 Å². The summed E-state index contributed by atoms with van der Waals surface area (Å²) in [6.45, 7) is 6.31. The number of para-hydroxylation sites is 1. The molecule has 0 saturated carbocycles. The Labute approximate surface area is 260 Å². The van der Waals surface area contributed by atoms with Crippen LogP contribution in [-0.2, 0) is 22.6 Å². The maximum absolute atomic E-state index is 13.2. The Balaban J connectivity index is 1.26. The van der Waals surface area contributed by atoms with E-state index < -0.39 is 11.1 Å². The number of piperazine rings is 1. The molecule has 2 fully saturated rings. The Hall–Kier alpha value is -4.21. The molecule has 3 amide bonds. The minimum atomic E-state index is -0.487. The van der Waals surface area contributed by atoms with Crippen molar-refractivity contribution in [3.63, 3.8) is 0 Å². The van der Waals surface area contributed by atoms with Crippen molar-refractivity contribution in [3.8, 4) is 11.5 Å². The van der Waals surface area contributed by atoms with E-state index in [4.69, 9.17) is 21.1 Å². The zero-order valence-corrected chi connectivity index (χ0v) is 25.4. The molecule has 43 heavy (non-hydrogen) atoms. The summed E-state index contributed by atoms with van der Waals surface area (Å²) >= 11 is 6.82. The van der Waals surface area contributed by atoms with Crippen molar-refractivity contribution >= 4 is 52.2 Å². The van der Waals surface area contributed by atoms with Gasteiger partial charge in [0, 0.05) is 42.5 Å². The van der Waals surface area contributed by atoms with Crippen LogP contribution in [0.3, 0.4) is 0 Å². The van der Waals surface area contributed by atoms with Crippen LogP contribution in [0.1, 0.15) is 16.7 Å². The smallest absolute Gasteiger partial charge is 0.294 e. The number of amides is 3. The van der Waals surface area contributed by atoms with Crippen molar-refractivity contribution < 1.29 is 23.9 Å². The Bertz CT molecular complexity index is 1540. The van der Waals surface area contributed by atoms with E-state index in [1.165, 1.54) is 0 Å². The van der Waals surface area contributed by atoms with Crippen LogP contribution in [0.25, 0.3) is 6.08 Å². The molecule has 0 bridgehead atoms. The molecule has 0 aliphatic carbocycles. The highest BCUT2D eigenvalue weighted by molar-refractivity contribution is 8.18. The highest BCUT2D eigenvalue weighted by Gasteiger charge is 2.37. The lowest BCUT2D eigenvalue weighted by Gasteiger charge is -2.36. The molecule has 0 N–H and O–H groups in total. The zero-order valence-electron chi connectivity index (χ0n) is 23.8. The van der Waals surface area contributed by atoms with Crippen molar-refractivity contribution in [3.05, 3.63) is 106 Å². The second-order valence-electron chi connectivity index (χ2n) is 10.1. The maximum atomic E-state index is 13.2. The molecule has 222 valence electrons. The van der Waals surface area contributed by atoms with Crippen LogP contribution in [0.5, 0.6) is 11.5 Å². The number of thioether (sulfide) groups is 1. The number of carbonyl (C=O) groups is 3. The maximum Gasteiger partial charge on any atom is 0.294 e. The van der Waals surface area contributed by atoms with Gasteiger partial charge in [0.05, 0.1) is 12.0 Å². The molecule has 8 nitrogen and oxygen atoms in total. The predicted octanol–water partition coefficient (Wildman–Crippen LogP) is 6.04. The topological polar surface area (TPSA) is 79.4 Å². The van der Waals surface area contributed by atoms with Gasteiger partial charge < -0.3 is 19.3 Å². The van der Waals surface area contributed by atoms with Crippen LogP contribution in [-0.4, -0.2) is 66.7 Å². The molecular formula is C33H32ClN3O5S. The first kappa shape index (κ1) is 30.3. The number of carbonyl (C=O) groups excluding carboxylic acids is 3. The number of imide groups is 1. The lowest BCUT2D eigenvalue weighted by atomic mass is 10.0. The summed E-state index contributed by atoms with van der Waals surface area (Å²) in [5, 5.41) is 0.183. The molecule has 0 unspecified atom stereocenters. The van der Waals surface area contributed by atoms with Crippen LogP contribution < -0.4 is 14.4 Å². The molecule has 2 saturated heterocycles. The van der Waals surface area contributed by atoms with Gasteiger partial charge in [-0.2, -0.15) is 0 Å². The molecule has 10 heteroatoms. The Morgan fingerprint density at radius 3 is 2.42 bits per heavy atom. The number of rotatable bonds is 10. The summed E-state index contributed by atoms with van der Waals surface area (Å²) in [6, 6.07) is 21.1.